The average molecular weight is 183 g/mol. The van der Waals surface area contributed by atoms with Crippen molar-refractivity contribution in [1.29, 1.82) is 0 Å². The molecule has 0 aliphatic rings. The van der Waals surface area contributed by atoms with Gasteiger partial charge in [0.05, 0.1) is 0 Å². The van der Waals surface area contributed by atoms with E-state index in [2.05, 4.69) is 0 Å². The zero-order valence-corrected chi connectivity index (χ0v) is 7.47. The Labute approximate surface area is 76.4 Å². The Morgan fingerprint density at radius 1 is 1.69 bits per heavy atom. The van der Waals surface area contributed by atoms with Crippen molar-refractivity contribution < 1.29 is 15.0 Å². The van der Waals surface area contributed by atoms with E-state index in [0.717, 1.165) is 0 Å². The molecule has 4 heteroatoms. The van der Waals surface area contributed by atoms with Gasteiger partial charge in [-0.15, -0.1) is 0 Å². The van der Waals surface area contributed by atoms with Crippen LogP contribution < -0.4 is 0 Å². The van der Waals surface area contributed by atoms with Crippen LogP contribution in [0, 0.1) is 5.92 Å². The summed E-state index contributed by atoms with van der Waals surface area (Å²) in [6.45, 7) is 2.47. The monoisotopic (exact) mass is 183 g/mol. The normalized spacial score (nSPS) is 12.8. The van der Waals surface area contributed by atoms with E-state index >= 15 is 0 Å². The lowest BCUT2D eigenvalue weighted by Gasteiger charge is -2.10. The van der Waals surface area contributed by atoms with Crippen molar-refractivity contribution >= 4 is 5.97 Å². The van der Waals surface area contributed by atoms with Crippen LogP contribution in [-0.4, -0.2) is 27.4 Å². The first-order chi connectivity index (χ1) is 6.15. The Kier molecular flexibility index (Phi) is 3.08. The smallest absolute Gasteiger partial charge is 0.352 e. The van der Waals surface area contributed by atoms with Gasteiger partial charge < -0.3 is 14.8 Å². The average Bonchev–Trinajstić information content (AvgIpc) is 2.52. The lowest BCUT2D eigenvalue weighted by atomic mass is 10.2. The maximum Gasteiger partial charge on any atom is 0.352 e. The molecule has 1 aromatic heterocycles. The van der Waals surface area contributed by atoms with Gasteiger partial charge in [-0.1, -0.05) is 6.92 Å². The highest BCUT2D eigenvalue weighted by Crippen LogP contribution is 2.06. The van der Waals surface area contributed by atoms with Crippen LogP contribution in [0.4, 0.5) is 0 Å². The standard InChI is InChI=1S/C9H13NO3/c1-7(6-11)5-10-4-2-3-8(10)9(12)13/h2-4,7,11H,5-6H2,1H3,(H,12,13). The molecule has 0 saturated heterocycles. The van der Waals surface area contributed by atoms with Gasteiger partial charge in [-0.3, -0.25) is 0 Å². The number of aliphatic hydroxyl groups excluding tert-OH is 1. The van der Waals surface area contributed by atoms with Crippen molar-refractivity contribution in [2.24, 2.45) is 5.92 Å². The number of hydrogen-bond acceptors (Lipinski definition) is 2. The van der Waals surface area contributed by atoms with Gasteiger partial charge in [-0.05, 0) is 18.1 Å². The lowest BCUT2D eigenvalue weighted by Crippen LogP contribution is -2.14. The van der Waals surface area contributed by atoms with Crippen molar-refractivity contribution in [2.75, 3.05) is 6.61 Å². The molecule has 1 unspecified atom stereocenters. The van der Waals surface area contributed by atoms with Crippen molar-refractivity contribution in [1.82, 2.24) is 4.57 Å². The maximum absolute atomic E-state index is 10.7. The molecule has 72 valence electrons. The summed E-state index contributed by atoms with van der Waals surface area (Å²) in [5, 5.41) is 17.6. The van der Waals surface area contributed by atoms with Gasteiger partial charge in [0, 0.05) is 19.3 Å². The summed E-state index contributed by atoms with van der Waals surface area (Å²) in [6, 6.07) is 3.24. The predicted molar refractivity (Wildman–Crippen MR) is 47.6 cm³/mol. The topological polar surface area (TPSA) is 62.5 Å². The second-order valence-electron chi connectivity index (χ2n) is 3.14. The highest BCUT2D eigenvalue weighted by atomic mass is 16.4. The van der Waals surface area contributed by atoms with Crippen molar-refractivity contribution in [3.63, 3.8) is 0 Å². The maximum atomic E-state index is 10.7. The molecular formula is C9H13NO3. The number of aliphatic hydroxyl groups is 1. The van der Waals surface area contributed by atoms with Crippen LogP contribution in [0.1, 0.15) is 17.4 Å². The fourth-order valence-electron chi connectivity index (χ4n) is 1.16. The van der Waals surface area contributed by atoms with E-state index in [1.807, 2.05) is 6.92 Å². The molecular weight excluding hydrogens is 170 g/mol. The molecule has 0 amide bonds. The first kappa shape index (κ1) is 9.80. The first-order valence-electron chi connectivity index (χ1n) is 4.14. The molecule has 0 aliphatic heterocycles. The molecule has 0 saturated carbocycles. The summed E-state index contributed by atoms with van der Waals surface area (Å²) in [4.78, 5) is 10.7. The molecule has 1 atom stereocenters. The van der Waals surface area contributed by atoms with E-state index in [4.69, 9.17) is 10.2 Å². The van der Waals surface area contributed by atoms with Gasteiger partial charge in [0.25, 0.3) is 0 Å². The Hall–Kier alpha value is -1.29. The number of rotatable bonds is 4. The number of hydrogen-bond donors (Lipinski definition) is 2. The second kappa shape index (κ2) is 4.09. The summed E-state index contributed by atoms with van der Waals surface area (Å²) in [5.74, 6) is -0.861. The van der Waals surface area contributed by atoms with Gasteiger partial charge in [-0.25, -0.2) is 4.79 Å². The number of aromatic carboxylic acids is 1. The predicted octanol–water partition coefficient (Wildman–Crippen LogP) is 0.815. The molecule has 13 heavy (non-hydrogen) atoms. The van der Waals surface area contributed by atoms with Crippen LogP contribution in [0.25, 0.3) is 0 Å². The van der Waals surface area contributed by atoms with Gasteiger partial charge in [0.1, 0.15) is 5.69 Å². The van der Waals surface area contributed by atoms with Crippen LogP contribution in [0.15, 0.2) is 18.3 Å². The van der Waals surface area contributed by atoms with Crippen LogP contribution in [0.3, 0.4) is 0 Å². The summed E-state index contributed by atoms with van der Waals surface area (Å²) < 4.78 is 1.63. The molecule has 4 nitrogen and oxygen atoms in total. The zero-order chi connectivity index (χ0) is 9.84. The molecule has 1 rings (SSSR count). The Bertz CT molecular complexity index is 293. The molecule has 1 heterocycles. The number of carboxylic acid groups (broad SMARTS) is 1. The Balaban J connectivity index is 2.76. The van der Waals surface area contributed by atoms with E-state index in [9.17, 15) is 4.79 Å². The fourth-order valence-corrected chi connectivity index (χ4v) is 1.16. The molecule has 2 N–H and O–H groups in total. The van der Waals surface area contributed by atoms with E-state index in [0.29, 0.717) is 6.54 Å². The molecule has 0 aliphatic carbocycles. The summed E-state index contributed by atoms with van der Waals surface area (Å²) in [5.41, 5.74) is 0.264. The molecule has 1 aromatic rings. The molecule has 0 fully saturated rings. The molecule has 0 spiro atoms. The van der Waals surface area contributed by atoms with Gasteiger partial charge in [-0.2, -0.15) is 0 Å². The van der Waals surface area contributed by atoms with Gasteiger partial charge >= 0.3 is 5.97 Å². The van der Waals surface area contributed by atoms with Crippen LogP contribution in [-0.2, 0) is 6.54 Å². The summed E-state index contributed by atoms with van der Waals surface area (Å²) in [6.07, 6.45) is 1.70. The quantitative estimate of drug-likeness (QED) is 0.726. The molecule has 0 bridgehead atoms. The van der Waals surface area contributed by atoms with Crippen molar-refractivity contribution in [2.45, 2.75) is 13.5 Å². The summed E-state index contributed by atoms with van der Waals surface area (Å²) in [7, 11) is 0. The van der Waals surface area contributed by atoms with E-state index in [1.165, 1.54) is 0 Å². The SMILES string of the molecule is CC(CO)Cn1cccc1C(=O)O. The number of nitrogens with zero attached hydrogens (tertiary/aromatic N) is 1. The molecule has 0 radical (unpaired) electrons. The summed E-state index contributed by atoms with van der Waals surface area (Å²) >= 11 is 0. The number of aromatic nitrogens is 1. The van der Waals surface area contributed by atoms with Crippen LogP contribution in [0.5, 0.6) is 0 Å². The number of carbonyl (C=O) groups is 1. The zero-order valence-electron chi connectivity index (χ0n) is 7.47. The first-order valence-corrected chi connectivity index (χ1v) is 4.14. The number of carboxylic acids is 1. The highest BCUT2D eigenvalue weighted by molar-refractivity contribution is 5.85. The third kappa shape index (κ3) is 2.32. The van der Waals surface area contributed by atoms with E-state index in [-0.39, 0.29) is 18.2 Å². The van der Waals surface area contributed by atoms with Gasteiger partial charge in [0.15, 0.2) is 0 Å². The van der Waals surface area contributed by atoms with E-state index in [1.54, 1.807) is 22.9 Å². The lowest BCUT2D eigenvalue weighted by molar-refractivity contribution is 0.0683. The fraction of sp³-hybridized carbons (Fsp3) is 0.444. The van der Waals surface area contributed by atoms with Crippen molar-refractivity contribution in [3.05, 3.63) is 24.0 Å². The van der Waals surface area contributed by atoms with Crippen LogP contribution in [0.2, 0.25) is 0 Å². The van der Waals surface area contributed by atoms with Crippen LogP contribution >= 0.6 is 0 Å². The van der Waals surface area contributed by atoms with Gasteiger partial charge in [0.2, 0.25) is 0 Å². The third-order valence-corrected chi connectivity index (χ3v) is 1.87. The Morgan fingerprint density at radius 3 is 2.92 bits per heavy atom. The minimum atomic E-state index is -0.935. The Morgan fingerprint density at radius 2 is 2.38 bits per heavy atom. The third-order valence-electron chi connectivity index (χ3n) is 1.87. The highest BCUT2D eigenvalue weighted by Gasteiger charge is 2.10. The van der Waals surface area contributed by atoms with Crippen molar-refractivity contribution in [3.8, 4) is 0 Å². The minimum absolute atomic E-state index is 0.0667. The minimum Gasteiger partial charge on any atom is -0.477 e. The molecule has 0 aromatic carbocycles. The second-order valence-corrected chi connectivity index (χ2v) is 3.14. The largest absolute Gasteiger partial charge is 0.477 e. The van der Waals surface area contributed by atoms with E-state index < -0.39 is 5.97 Å².